The Bertz CT molecular complexity index is 439. The van der Waals surface area contributed by atoms with Crippen LogP contribution in [-0.4, -0.2) is 24.1 Å². The fourth-order valence-electron chi connectivity index (χ4n) is 1.05. The second kappa shape index (κ2) is 6.31. The van der Waals surface area contributed by atoms with Gasteiger partial charge in [0.25, 0.3) is 5.69 Å². The van der Waals surface area contributed by atoms with Gasteiger partial charge in [0.15, 0.2) is 0 Å². The van der Waals surface area contributed by atoms with E-state index >= 15 is 0 Å². The van der Waals surface area contributed by atoms with Crippen LogP contribution in [0.4, 0.5) is 5.69 Å². The van der Waals surface area contributed by atoms with E-state index in [-0.39, 0.29) is 5.69 Å². The van der Waals surface area contributed by atoms with E-state index in [1.165, 1.54) is 24.3 Å². The SMILES string of the molecule is CP(=S)(OCCCl)Oc1ccc([N+](=O)[O-])cc1. The van der Waals surface area contributed by atoms with Crippen molar-refractivity contribution in [3.8, 4) is 5.75 Å². The van der Waals surface area contributed by atoms with Gasteiger partial charge in [-0.3, -0.25) is 10.1 Å². The highest BCUT2D eigenvalue weighted by molar-refractivity contribution is 8.09. The highest BCUT2D eigenvalue weighted by Crippen LogP contribution is 2.44. The lowest BCUT2D eigenvalue weighted by atomic mass is 10.3. The van der Waals surface area contributed by atoms with Gasteiger partial charge in [-0.25, -0.2) is 0 Å². The lowest BCUT2D eigenvalue weighted by molar-refractivity contribution is -0.384. The number of hydrogen-bond acceptors (Lipinski definition) is 5. The third-order valence-electron chi connectivity index (χ3n) is 1.72. The molecule has 1 aromatic carbocycles. The minimum absolute atomic E-state index is 0.00318. The number of halogens is 1. The van der Waals surface area contributed by atoms with Crippen LogP contribution in [0.5, 0.6) is 5.75 Å². The Hall–Kier alpha value is -0.680. The van der Waals surface area contributed by atoms with Crippen molar-refractivity contribution >= 4 is 35.6 Å². The first-order valence-corrected chi connectivity index (χ1v) is 8.28. The predicted octanol–water partition coefficient (Wildman–Crippen LogP) is 3.17. The molecule has 1 atom stereocenters. The Morgan fingerprint density at radius 1 is 1.47 bits per heavy atom. The third-order valence-corrected chi connectivity index (χ3v) is 3.61. The monoisotopic (exact) mass is 295 g/mol. The molecule has 0 saturated heterocycles. The summed E-state index contributed by atoms with van der Waals surface area (Å²) in [6.45, 7) is -0.392. The molecule has 8 heteroatoms. The second-order valence-electron chi connectivity index (χ2n) is 3.14. The molecule has 5 nitrogen and oxygen atoms in total. The molecule has 0 fully saturated rings. The zero-order chi connectivity index (χ0) is 12.9. The molecule has 0 spiro atoms. The zero-order valence-corrected chi connectivity index (χ0v) is 11.5. The van der Waals surface area contributed by atoms with Crippen LogP contribution < -0.4 is 4.52 Å². The number of rotatable bonds is 6. The van der Waals surface area contributed by atoms with E-state index in [9.17, 15) is 10.1 Å². The van der Waals surface area contributed by atoms with Gasteiger partial charge in [0.05, 0.1) is 11.5 Å². The van der Waals surface area contributed by atoms with Crippen molar-refractivity contribution in [3.63, 3.8) is 0 Å². The molecule has 17 heavy (non-hydrogen) atoms. The maximum absolute atomic E-state index is 10.5. The fraction of sp³-hybridized carbons (Fsp3) is 0.333. The molecule has 0 amide bonds. The molecule has 0 heterocycles. The molecule has 0 aliphatic heterocycles. The maximum Gasteiger partial charge on any atom is 0.269 e. The van der Waals surface area contributed by atoms with E-state index in [4.69, 9.17) is 32.5 Å². The molecule has 0 aliphatic rings. The summed E-state index contributed by atoms with van der Waals surface area (Å²) < 4.78 is 10.8. The van der Waals surface area contributed by atoms with E-state index in [1.54, 1.807) is 6.66 Å². The molecule has 0 aliphatic carbocycles. The summed E-state index contributed by atoms with van der Waals surface area (Å²) in [6.07, 6.45) is 0. The van der Waals surface area contributed by atoms with Gasteiger partial charge in [0.1, 0.15) is 5.75 Å². The molecule has 0 bridgehead atoms. The van der Waals surface area contributed by atoms with Gasteiger partial charge in [-0.15, -0.1) is 11.6 Å². The summed E-state index contributed by atoms with van der Waals surface area (Å²) >= 11 is 10.6. The molecule has 1 aromatic rings. The second-order valence-corrected chi connectivity index (χ2v) is 7.49. The first-order valence-electron chi connectivity index (χ1n) is 4.67. The number of nitrogens with zero attached hydrogens (tertiary/aromatic N) is 1. The van der Waals surface area contributed by atoms with Gasteiger partial charge >= 0.3 is 0 Å². The Morgan fingerprint density at radius 2 is 2.06 bits per heavy atom. The highest BCUT2D eigenvalue weighted by atomic mass is 35.5. The first-order chi connectivity index (χ1) is 7.94. The van der Waals surface area contributed by atoms with Gasteiger partial charge in [-0.2, -0.15) is 0 Å². The van der Waals surface area contributed by atoms with Crippen LogP contribution in [0.3, 0.4) is 0 Å². The summed E-state index contributed by atoms with van der Waals surface area (Å²) in [5.41, 5.74) is 0.00318. The summed E-state index contributed by atoms with van der Waals surface area (Å²) in [5.74, 6) is 0.798. The van der Waals surface area contributed by atoms with Crippen LogP contribution in [0.15, 0.2) is 24.3 Å². The average molecular weight is 296 g/mol. The quantitative estimate of drug-likeness (QED) is 0.349. The van der Waals surface area contributed by atoms with Gasteiger partial charge in [-0.1, -0.05) is 0 Å². The molecule has 0 aromatic heterocycles. The van der Waals surface area contributed by atoms with Gasteiger partial charge < -0.3 is 9.05 Å². The van der Waals surface area contributed by atoms with Crippen molar-refractivity contribution in [1.29, 1.82) is 0 Å². The summed E-state index contributed by atoms with van der Waals surface area (Å²) in [7, 11) is 0. The van der Waals surface area contributed by atoms with Gasteiger partial charge in [0, 0.05) is 24.7 Å². The van der Waals surface area contributed by atoms with Crippen molar-refractivity contribution in [2.75, 3.05) is 19.2 Å². The minimum Gasteiger partial charge on any atom is -0.444 e. The number of alkyl halides is 1. The normalized spacial score (nSPS) is 14.0. The largest absolute Gasteiger partial charge is 0.444 e. The van der Waals surface area contributed by atoms with Crippen molar-refractivity contribution in [2.45, 2.75) is 0 Å². The fourth-order valence-corrected chi connectivity index (χ4v) is 2.69. The van der Waals surface area contributed by atoms with Crippen molar-refractivity contribution in [2.24, 2.45) is 0 Å². The Balaban J connectivity index is 2.68. The minimum atomic E-state index is -2.39. The summed E-state index contributed by atoms with van der Waals surface area (Å²) in [6, 6.07) is 5.69. The molecule has 1 unspecified atom stereocenters. The van der Waals surface area contributed by atoms with Crippen LogP contribution in [-0.2, 0) is 16.3 Å². The van der Waals surface area contributed by atoms with Crippen molar-refractivity contribution in [1.82, 2.24) is 0 Å². The summed E-state index contributed by atoms with van der Waals surface area (Å²) in [5, 5.41) is 10.5. The number of nitro benzene ring substituents is 1. The summed E-state index contributed by atoms with van der Waals surface area (Å²) in [4.78, 5) is 9.97. The van der Waals surface area contributed by atoms with E-state index in [0.717, 1.165) is 0 Å². The Kier molecular flexibility index (Phi) is 5.33. The number of hydrogen-bond donors (Lipinski definition) is 0. The van der Waals surface area contributed by atoms with Crippen LogP contribution in [0.2, 0.25) is 0 Å². The average Bonchev–Trinajstić information content (AvgIpc) is 2.26. The van der Waals surface area contributed by atoms with Crippen LogP contribution in [0.25, 0.3) is 0 Å². The van der Waals surface area contributed by atoms with Crippen molar-refractivity contribution in [3.05, 3.63) is 34.4 Å². The molecule has 0 radical (unpaired) electrons. The molecule has 94 valence electrons. The topological polar surface area (TPSA) is 61.6 Å². The lowest BCUT2D eigenvalue weighted by Crippen LogP contribution is -1.99. The predicted molar refractivity (Wildman–Crippen MR) is 70.6 cm³/mol. The first kappa shape index (κ1) is 14.4. The number of nitro groups is 1. The molecule has 0 saturated carbocycles. The van der Waals surface area contributed by atoms with Crippen LogP contribution in [0, 0.1) is 10.1 Å². The van der Waals surface area contributed by atoms with E-state index < -0.39 is 11.4 Å². The maximum atomic E-state index is 10.5. The Morgan fingerprint density at radius 3 is 2.53 bits per heavy atom. The van der Waals surface area contributed by atoms with Crippen LogP contribution in [0.1, 0.15) is 0 Å². The lowest BCUT2D eigenvalue weighted by Gasteiger charge is -2.18. The van der Waals surface area contributed by atoms with Crippen molar-refractivity contribution < 1.29 is 14.0 Å². The molecule has 1 rings (SSSR count). The highest BCUT2D eigenvalue weighted by Gasteiger charge is 2.13. The molecular weight excluding hydrogens is 285 g/mol. The Labute approximate surface area is 109 Å². The number of non-ortho nitro benzene ring substituents is 1. The number of benzene rings is 1. The molecule has 0 N–H and O–H groups in total. The van der Waals surface area contributed by atoms with Crippen LogP contribution >= 0.6 is 18.1 Å². The van der Waals surface area contributed by atoms with E-state index in [2.05, 4.69) is 0 Å². The smallest absolute Gasteiger partial charge is 0.269 e. The van der Waals surface area contributed by atoms with Gasteiger partial charge in [0.2, 0.25) is 6.49 Å². The third kappa shape index (κ3) is 5.00. The molecular formula is C9H11ClNO4PS. The van der Waals surface area contributed by atoms with E-state index in [0.29, 0.717) is 18.2 Å². The standard InChI is InChI=1S/C9H11ClNO4PS/c1-16(17,14-7-6-10)15-9-4-2-8(3-5-9)11(12)13/h2-5H,6-7H2,1H3. The van der Waals surface area contributed by atoms with Gasteiger partial charge in [-0.05, 0) is 23.9 Å². The zero-order valence-electron chi connectivity index (χ0n) is 9.04. The van der Waals surface area contributed by atoms with E-state index in [1.807, 2.05) is 0 Å².